The minimum absolute atomic E-state index is 0.189. The molecule has 1 heterocycles. The summed E-state index contributed by atoms with van der Waals surface area (Å²) in [5.74, 6) is 1.70. The van der Waals surface area contributed by atoms with Crippen molar-refractivity contribution >= 4 is 49.8 Å². The molecule has 0 atom stereocenters. The molecule has 0 unspecified atom stereocenters. The summed E-state index contributed by atoms with van der Waals surface area (Å²) < 4.78 is 38.4. The Balaban J connectivity index is 1.60. The standard InChI is InChI=1S/C32H41N7O5S/c1-32(2,3)21-19-25(29(43-7)26(20-21)37-45(8,41)42)35-31(40)34-24-13-14-27(23-12-10-9-11-22(23)24)44-28-15-16-33-30(36-28)39(6)18-17-38(4)5/h9-16,19-20,37H,17-18H2,1-8H3,(H2,34,35,40). The van der Waals surface area contributed by atoms with Crippen molar-refractivity contribution in [2.24, 2.45) is 0 Å². The highest BCUT2D eigenvalue weighted by molar-refractivity contribution is 7.92. The zero-order valence-corrected chi connectivity index (χ0v) is 27.7. The van der Waals surface area contributed by atoms with Gasteiger partial charge in [-0.2, -0.15) is 4.98 Å². The number of carbonyl (C=O) groups is 1. The van der Waals surface area contributed by atoms with Gasteiger partial charge in [0.2, 0.25) is 21.9 Å². The normalized spacial score (nSPS) is 11.8. The third-order valence-electron chi connectivity index (χ3n) is 6.89. The monoisotopic (exact) mass is 635 g/mol. The average Bonchev–Trinajstić information content (AvgIpc) is 2.96. The summed E-state index contributed by atoms with van der Waals surface area (Å²) >= 11 is 0. The molecule has 0 saturated heterocycles. The molecule has 3 aromatic carbocycles. The molecule has 12 nitrogen and oxygen atoms in total. The second kappa shape index (κ2) is 13.6. The first kappa shape index (κ1) is 33.3. The number of ether oxygens (including phenoxy) is 2. The number of nitrogens with one attached hydrogen (secondary N) is 3. The fourth-order valence-electron chi connectivity index (χ4n) is 4.53. The van der Waals surface area contributed by atoms with Gasteiger partial charge in [0.1, 0.15) is 5.75 Å². The second-order valence-corrected chi connectivity index (χ2v) is 13.7. The van der Waals surface area contributed by atoms with Crippen LogP contribution >= 0.6 is 0 Å². The SMILES string of the molecule is COc1c(NC(=O)Nc2ccc(Oc3ccnc(N(C)CCN(C)C)n3)c3ccccc23)cc(C(C)(C)C)cc1NS(C)(=O)=O. The second-order valence-electron chi connectivity index (χ2n) is 12.0. The van der Waals surface area contributed by atoms with Crippen LogP contribution in [-0.2, 0) is 15.4 Å². The molecule has 0 fully saturated rings. The van der Waals surface area contributed by atoms with Gasteiger partial charge in [0, 0.05) is 43.2 Å². The fourth-order valence-corrected chi connectivity index (χ4v) is 5.08. The van der Waals surface area contributed by atoms with Crippen LogP contribution in [0.5, 0.6) is 17.4 Å². The van der Waals surface area contributed by atoms with Gasteiger partial charge < -0.3 is 29.9 Å². The zero-order valence-electron chi connectivity index (χ0n) is 26.9. The van der Waals surface area contributed by atoms with Gasteiger partial charge in [0.15, 0.2) is 5.75 Å². The van der Waals surface area contributed by atoms with Crippen molar-refractivity contribution in [1.82, 2.24) is 14.9 Å². The Kier molecular flexibility index (Phi) is 10.0. The van der Waals surface area contributed by atoms with Crippen molar-refractivity contribution in [1.29, 1.82) is 0 Å². The summed E-state index contributed by atoms with van der Waals surface area (Å²) in [7, 11) is 3.76. The van der Waals surface area contributed by atoms with E-state index in [0.29, 0.717) is 29.0 Å². The Bertz CT molecular complexity index is 1790. The van der Waals surface area contributed by atoms with Crippen LogP contribution in [0.2, 0.25) is 0 Å². The van der Waals surface area contributed by atoms with Crippen LogP contribution in [-0.4, -0.2) is 76.9 Å². The number of rotatable bonds is 11. The number of methoxy groups -OCH3 is 1. The van der Waals surface area contributed by atoms with Gasteiger partial charge in [-0.15, -0.1) is 0 Å². The maximum absolute atomic E-state index is 13.4. The number of benzene rings is 3. The van der Waals surface area contributed by atoms with Gasteiger partial charge in [0.05, 0.1) is 30.4 Å². The van der Waals surface area contributed by atoms with Crippen molar-refractivity contribution in [2.45, 2.75) is 26.2 Å². The highest BCUT2D eigenvalue weighted by Crippen LogP contribution is 2.39. The summed E-state index contributed by atoms with van der Waals surface area (Å²) in [6, 6.07) is 15.7. The van der Waals surface area contributed by atoms with Crippen LogP contribution in [0.15, 0.2) is 60.8 Å². The molecule has 3 N–H and O–H groups in total. The fraction of sp³-hybridized carbons (Fsp3) is 0.344. The van der Waals surface area contributed by atoms with E-state index < -0.39 is 16.1 Å². The van der Waals surface area contributed by atoms with Gasteiger partial charge in [-0.3, -0.25) is 4.72 Å². The Hall–Kier alpha value is -4.62. The maximum atomic E-state index is 13.4. The van der Waals surface area contributed by atoms with E-state index in [9.17, 15) is 13.2 Å². The quantitative estimate of drug-likeness (QED) is 0.188. The Labute approximate surface area is 264 Å². The minimum atomic E-state index is -3.61. The van der Waals surface area contributed by atoms with E-state index in [1.54, 1.807) is 36.5 Å². The van der Waals surface area contributed by atoms with Crippen LogP contribution in [0, 0.1) is 0 Å². The van der Waals surface area contributed by atoms with Gasteiger partial charge in [-0.1, -0.05) is 45.0 Å². The smallest absolute Gasteiger partial charge is 0.323 e. The lowest BCUT2D eigenvalue weighted by Gasteiger charge is -2.24. The molecular weight excluding hydrogens is 594 g/mol. The zero-order chi connectivity index (χ0) is 32.9. The van der Waals surface area contributed by atoms with Gasteiger partial charge in [0.25, 0.3) is 0 Å². The van der Waals surface area contributed by atoms with Crippen LogP contribution in [0.3, 0.4) is 0 Å². The third kappa shape index (κ3) is 8.73. The molecule has 0 radical (unpaired) electrons. The molecule has 0 spiro atoms. The summed E-state index contributed by atoms with van der Waals surface area (Å²) in [6.45, 7) is 7.58. The van der Waals surface area contributed by atoms with E-state index in [2.05, 4.69) is 30.2 Å². The Morgan fingerprint density at radius 2 is 1.58 bits per heavy atom. The number of sulfonamides is 1. The summed E-state index contributed by atoms with van der Waals surface area (Å²) in [5.41, 5.74) is 1.54. The van der Waals surface area contributed by atoms with Crippen molar-refractivity contribution in [2.75, 3.05) is 67.9 Å². The van der Waals surface area contributed by atoms with E-state index in [4.69, 9.17) is 9.47 Å². The average molecular weight is 636 g/mol. The van der Waals surface area contributed by atoms with Crippen LogP contribution in [0.1, 0.15) is 26.3 Å². The van der Waals surface area contributed by atoms with Crippen molar-refractivity contribution in [3.63, 3.8) is 0 Å². The Morgan fingerprint density at radius 3 is 2.22 bits per heavy atom. The van der Waals surface area contributed by atoms with Gasteiger partial charge >= 0.3 is 6.03 Å². The number of fused-ring (bicyclic) bond motifs is 1. The molecular formula is C32H41N7O5S. The first-order chi connectivity index (χ1) is 21.1. The lowest BCUT2D eigenvalue weighted by molar-refractivity contribution is 0.262. The number of hydrogen-bond acceptors (Lipinski definition) is 9. The number of nitrogens with zero attached hydrogens (tertiary/aromatic N) is 4. The Morgan fingerprint density at radius 1 is 0.911 bits per heavy atom. The van der Waals surface area contributed by atoms with E-state index in [0.717, 1.165) is 35.7 Å². The predicted octanol–water partition coefficient (Wildman–Crippen LogP) is 5.74. The van der Waals surface area contributed by atoms with Gasteiger partial charge in [-0.25, -0.2) is 18.2 Å². The molecule has 0 aliphatic rings. The third-order valence-corrected chi connectivity index (χ3v) is 7.48. The number of amides is 2. The van der Waals surface area contributed by atoms with Crippen molar-refractivity contribution < 1.29 is 22.7 Å². The summed E-state index contributed by atoms with van der Waals surface area (Å²) in [4.78, 5) is 26.4. The van der Waals surface area contributed by atoms with Crippen LogP contribution in [0.4, 0.5) is 27.8 Å². The lowest BCUT2D eigenvalue weighted by atomic mass is 9.86. The molecule has 0 aliphatic carbocycles. The highest BCUT2D eigenvalue weighted by Gasteiger charge is 2.22. The molecule has 240 valence electrons. The molecule has 2 amide bonds. The molecule has 0 saturated carbocycles. The van der Waals surface area contributed by atoms with E-state index in [1.807, 2.05) is 71.1 Å². The summed E-state index contributed by atoms with van der Waals surface area (Å²) in [6.07, 6.45) is 2.72. The molecule has 45 heavy (non-hydrogen) atoms. The summed E-state index contributed by atoms with van der Waals surface area (Å²) in [5, 5.41) is 7.26. The number of anilines is 4. The van der Waals surface area contributed by atoms with Crippen molar-refractivity contribution in [3.05, 3.63) is 66.4 Å². The maximum Gasteiger partial charge on any atom is 0.323 e. The lowest BCUT2D eigenvalue weighted by Crippen LogP contribution is -2.29. The van der Waals surface area contributed by atoms with Crippen molar-refractivity contribution in [3.8, 4) is 17.4 Å². The predicted molar refractivity (Wildman–Crippen MR) is 181 cm³/mol. The molecule has 4 rings (SSSR count). The van der Waals surface area contributed by atoms with E-state index >= 15 is 0 Å². The van der Waals surface area contributed by atoms with Crippen LogP contribution < -0.4 is 29.7 Å². The number of likely N-dealkylation sites (N-methyl/N-ethyl adjacent to an activating group) is 2. The number of aromatic nitrogens is 2. The first-order valence-electron chi connectivity index (χ1n) is 14.3. The first-order valence-corrected chi connectivity index (χ1v) is 16.2. The molecule has 0 bridgehead atoms. The highest BCUT2D eigenvalue weighted by atomic mass is 32.2. The number of carbonyl (C=O) groups excluding carboxylic acids is 1. The van der Waals surface area contributed by atoms with E-state index in [1.165, 1.54) is 7.11 Å². The molecule has 1 aromatic heterocycles. The minimum Gasteiger partial charge on any atom is -0.492 e. The topological polar surface area (TPSA) is 138 Å². The number of hydrogen-bond donors (Lipinski definition) is 3. The largest absolute Gasteiger partial charge is 0.492 e. The van der Waals surface area contributed by atoms with Crippen LogP contribution in [0.25, 0.3) is 10.8 Å². The number of urea groups is 1. The molecule has 0 aliphatic heterocycles. The van der Waals surface area contributed by atoms with Gasteiger partial charge in [-0.05, 0) is 49.3 Å². The van der Waals surface area contributed by atoms with E-state index in [-0.39, 0.29) is 16.9 Å². The molecule has 4 aromatic rings. The molecule has 13 heteroatoms.